The lowest BCUT2D eigenvalue weighted by molar-refractivity contribution is 0.741. The van der Waals surface area contributed by atoms with Gasteiger partial charge in [-0.25, -0.2) is 0 Å². The summed E-state index contributed by atoms with van der Waals surface area (Å²) >= 11 is 0. The molecule has 1 N–H and O–H groups in total. The number of benzene rings is 2. The molecule has 0 saturated heterocycles. The van der Waals surface area contributed by atoms with Gasteiger partial charge in [0.1, 0.15) is 0 Å². The van der Waals surface area contributed by atoms with Gasteiger partial charge in [-0.05, 0) is 73.2 Å². The van der Waals surface area contributed by atoms with E-state index in [2.05, 4.69) is 87.0 Å². The first-order valence-electron chi connectivity index (χ1n) is 11.0. The van der Waals surface area contributed by atoms with Crippen LogP contribution in [0.2, 0.25) is 0 Å². The maximum Gasteiger partial charge on any atom is 0.0441 e. The van der Waals surface area contributed by atoms with Crippen molar-refractivity contribution in [3.63, 3.8) is 0 Å². The van der Waals surface area contributed by atoms with Gasteiger partial charge in [0, 0.05) is 31.5 Å². The average molecular weight is 391 g/mol. The van der Waals surface area contributed by atoms with Crippen LogP contribution in [0.4, 0.5) is 11.4 Å². The first-order valence-corrected chi connectivity index (χ1v) is 11.0. The quantitative estimate of drug-likeness (QED) is 0.409. The molecule has 0 spiro atoms. The van der Waals surface area contributed by atoms with Crippen molar-refractivity contribution in [1.82, 2.24) is 0 Å². The van der Waals surface area contributed by atoms with Gasteiger partial charge in [-0.1, -0.05) is 63.1 Å². The first-order chi connectivity index (χ1) is 14.0. The molecule has 2 aromatic rings. The van der Waals surface area contributed by atoms with Crippen LogP contribution in [0.5, 0.6) is 0 Å². The second kappa shape index (κ2) is 11.5. The molecule has 0 aliphatic rings. The smallest absolute Gasteiger partial charge is 0.0441 e. The van der Waals surface area contributed by atoms with E-state index in [4.69, 9.17) is 0 Å². The van der Waals surface area contributed by atoms with E-state index >= 15 is 0 Å². The molecule has 0 aromatic heterocycles. The zero-order chi connectivity index (χ0) is 21.2. The molecular formula is C27H38N2. The van der Waals surface area contributed by atoms with Crippen molar-refractivity contribution in [1.29, 1.82) is 0 Å². The van der Waals surface area contributed by atoms with Gasteiger partial charge in [0.15, 0.2) is 0 Å². The Kier molecular flexibility index (Phi) is 9.05. The number of anilines is 2. The van der Waals surface area contributed by atoms with E-state index in [9.17, 15) is 0 Å². The Bertz CT molecular complexity index is 815. The number of aryl methyl sites for hydroxylation is 3. The van der Waals surface area contributed by atoms with Crippen LogP contribution in [0, 0.1) is 13.8 Å². The Morgan fingerprint density at radius 3 is 2.38 bits per heavy atom. The van der Waals surface area contributed by atoms with Gasteiger partial charge in [-0.3, -0.25) is 0 Å². The maximum atomic E-state index is 4.11. The Hall–Kier alpha value is -2.48. The highest BCUT2D eigenvalue weighted by molar-refractivity contribution is 5.73. The fraction of sp³-hybridized carbons (Fsp3) is 0.407. The van der Waals surface area contributed by atoms with Crippen molar-refractivity contribution < 1.29 is 0 Å². The van der Waals surface area contributed by atoms with Crippen molar-refractivity contribution in [3.8, 4) is 0 Å². The Labute approximate surface area is 178 Å². The van der Waals surface area contributed by atoms with Crippen molar-refractivity contribution in [2.75, 3.05) is 30.4 Å². The highest BCUT2D eigenvalue weighted by Crippen LogP contribution is 2.26. The molecule has 0 aliphatic heterocycles. The third-order valence-electron chi connectivity index (χ3n) is 5.36. The molecule has 0 fully saturated rings. The summed E-state index contributed by atoms with van der Waals surface area (Å²) in [6.45, 7) is 14.8. The zero-order valence-corrected chi connectivity index (χ0v) is 19.0. The summed E-state index contributed by atoms with van der Waals surface area (Å²) in [7, 11) is 1.99. The molecule has 29 heavy (non-hydrogen) atoms. The van der Waals surface area contributed by atoms with E-state index in [0.29, 0.717) is 0 Å². The lowest BCUT2D eigenvalue weighted by Gasteiger charge is -2.26. The van der Waals surface area contributed by atoms with Crippen molar-refractivity contribution in [2.45, 2.75) is 53.4 Å². The van der Waals surface area contributed by atoms with Crippen LogP contribution in [0.25, 0.3) is 6.08 Å². The number of hydrogen-bond acceptors (Lipinski definition) is 2. The van der Waals surface area contributed by atoms with Crippen LogP contribution in [-0.2, 0) is 6.42 Å². The molecule has 0 heterocycles. The van der Waals surface area contributed by atoms with Gasteiger partial charge in [0.2, 0.25) is 0 Å². The van der Waals surface area contributed by atoms with Crippen LogP contribution < -0.4 is 10.2 Å². The molecule has 0 atom stereocenters. The average Bonchev–Trinajstić information content (AvgIpc) is 2.71. The van der Waals surface area contributed by atoms with Crippen molar-refractivity contribution >= 4 is 17.5 Å². The highest BCUT2D eigenvalue weighted by Gasteiger charge is 2.10. The number of rotatable bonds is 11. The summed E-state index contributed by atoms with van der Waals surface area (Å²) in [4.78, 5) is 2.48. The maximum absolute atomic E-state index is 4.11. The topological polar surface area (TPSA) is 15.3 Å². The fourth-order valence-corrected chi connectivity index (χ4v) is 3.86. The van der Waals surface area contributed by atoms with E-state index in [1.165, 1.54) is 58.5 Å². The summed E-state index contributed by atoms with van der Waals surface area (Å²) in [5, 5.41) is 3.37. The molecular weight excluding hydrogens is 352 g/mol. The lowest BCUT2D eigenvalue weighted by atomic mass is 10.0. The largest absolute Gasteiger partial charge is 0.387 e. The summed E-state index contributed by atoms with van der Waals surface area (Å²) in [6.07, 6.45) is 8.99. The first kappa shape index (κ1) is 22.8. The number of unbranched alkanes of at least 4 members (excludes halogenated alkanes) is 1. The molecule has 2 heteroatoms. The van der Waals surface area contributed by atoms with Crippen LogP contribution in [0.1, 0.15) is 55.4 Å². The van der Waals surface area contributed by atoms with E-state index < -0.39 is 0 Å². The Balaban J connectivity index is 2.32. The van der Waals surface area contributed by atoms with E-state index in [0.717, 1.165) is 19.5 Å². The molecule has 156 valence electrons. The Morgan fingerprint density at radius 1 is 1.07 bits per heavy atom. The van der Waals surface area contributed by atoms with E-state index in [1.807, 2.05) is 13.1 Å². The number of nitrogens with one attached hydrogen (secondary N) is 1. The number of nitrogens with zero attached hydrogens (tertiary/aromatic N) is 1. The molecule has 2 aromatic carbocycles. The molecule has 2 rings (SSSR count). The normalized spacial score (nSPS) is 11.4. The van der Waals surface area contributed by atoms with Gasteiger partial charge in [-0.2, -0.15) is 0 Å². The molecule has 0 unspecified atom stereocenters. The molecule has 0 saturated carbocycles. The molecule has 0 radical (unpaired) electrons. The minimum atomic E-state index is 0.868. The molecule has 0 bridgehead atoms. The van der Waals surface area contributed by atoms with Gasteiger partial charge >= 0.3 is 0 Å². The van der Waals surface area contributed by atoms with Gasteiger partial charge in [0.25, 0.3) is 0 Å². The molecule has 0 aliphatic carbocycles. The SMILES string of the molecule is C=C/C(=C\c1cc(C)cc(C)c1NC)CN(CCCC)c1ccc(CCC)cc1. The summed E-state index contributed by atoms with van der Waals surface area (Å²) in [5.74, 6) is 0. The van der Waals surface area contributed by atoms with Crippen LogP contribution in [0.3, 0.4) is 0 Å². The second-order valence-electron chi connectivity index (χ2n) is 7.91. The van der Waals surface area contributed by atoms with Crippen LogP contribution in [-0.4, -0.2) is 20.1 Å². The van der Waals surface area contributed by atoms with E-state index in [1.54, 1.807) is 0 Å². The Morgan fingerprint density at radius 2 is 1.79 bits per heavy atom. The summed E-state index contributed by atoms with van der Waals surface area (Å²) in [6, 6.07) is 13.6. The number of hydrogen-bond donors (Lipinski definition) is 1. The minimum absolute atomic E-state index is 0.868. The molecule has 0 amide bonds. The zero-order valence-electron chi connectivity index (χ0n) is 19.0. The second-order valence-corrected chi connectivity index (χ2v) is 7.91. The van der Waals surface area contributed by atoms with Gasteiger partial charge < -0.3 is 10.2 Å². The fourth-order valence-electron chi connectivity index (χ4n) is 3.86. The third kappa shape index (κ3) is 6.52. The predicted molar refractivity (Wildman–Crippen MR) is 131 cm³/mol. The summed E-state index contributed by atoms with van der Waals surface area (Å²) < 4.78 is 0. The molecule has 2 nitrogen and oxygen atoms in total. The van der Waals surface area contributed by atoms with Crippen LogP contribution in [0.15, 0.2) is 54.6 Å². The lowest BCUT2D eigenvalue weighted by Crippen LogP contribution is -2.26. The van der Waals surface area contributed by atoms with Gasteiger partial charge in [-0.15, -0.1) is 0 Å². The third-order valence-corrected chi connectivity index (χ3v) is 5.36. The standard InChI is InChI=1S/C27H38N2/c1-7-10-16-29(26-14-12-24(11-8-2)13-15-26)20-23(9-3)19-25-18-21(4)17-22(5)27(25)28-6/h9,12-15,17-19,28H,3,7-8,10-11,16,20H2,1-2,4-6H3/b23-19+. The highest BCUT2D eigenvalue weighted by atomic mass is 15.1. The minimum Gasteiger partial charge on any atom is -0.387 e. The van der Waals surface area contributed by atoms with E-state index in [-0.39, 0.29) is 0 Å². The van der Waals surface area contributed by atoms with Crippen molar-refractivity contribution in [2.24, 2.45) is 0 Å². The summed E-state index contributed by atoms with van der Waals surface area (Å²) in [5.41, 5.74) is 8.93. The monoisotopic (exact) mass is 390 g/mol. The van der Waals surface area contributed by atoms with Gasteiger partial charge in [0.05, 0.1) is 0 Å². The predicted octanol–water partition coefficient (Wildman–Crippen LogP) is 7.17. The van der Waals surface area contributed by atoms with Crippen LogP contribution >= 0.6 is 0 Å². The van der Waals surface area contributed by atoms with Crippen molar-refractivity contribution in [3.05, 3.63) is 76.9 Å².